The number of carboxylic acids is 1. The molecule has 1 saturated heterocycles. The number of benzene rings is 1. The molecular formula is C15H18F2N2O2. The van der Waals surface area contributed by atoms with Gasteiger partial charge >= 0.3 is 5.97 Å². The van der Waals surface area contributed by atoms with Gasteiger partial charge in [0.05, 0.1) is 12.5 Å². The van der Waals surface area contributed by atoms with Crippen molar-refractivity contribution in [3.63, 3.8) is 0 Å². The van der Waals surface area contributed by atoms with Gasteiger partial charge in [0.2, 0.25) is 0 Å². The lowest BCUT2D eigenvalue weighted by molar-refractivity contribution is -0.143. The lowest BCUT2D eigenvalue weighted by Gasteiger charge is -2.29. The van der Waals surface area contributed by atoms with Crippen molar-refractivity contribution in [2.75, 3.05) is 26.2 Å². The Morgan fingerprint density at radius 3 is 3.00 bits per heavy atom. The molecule has 1 N–H and O–H groups in total. The Kier molecular flexibility index (Phi) is 5.38. The number of carbonyl (C=O) groups is 1. The maximum absolute atomic E-state index is 13.4. The van der Waals surface area contributed by atoms with E-state index in [0.29, 0.717) is 19.6 Å². The topological polar surface area (TPSA) is 52.9 Å². The normalized spacial score (nSPS) is 20.0. The van der Waals surface area contributed by atoms with Gasteiger partial charge in [0.15, 0.2) is 0 Å². The minimum Gasteiger partial charge on any atom is -0.481 e. The van der Waals surface area contributed by atoms with E-state index in [-0.39, 0.29) is 11.5 Å². The van der Waals surface area contributed by atoms with Crippen LogP contribution in [0.3, 0.4) is 0 Å². The van der Waals surface area contributed by atoms with E-state index in [9.17, 15) is 13.6 Å². The molecule has 0 saturated carbocycles. The van der Waals surface area contributed by atoms with Gasteiger partial charge in [0, 0.05) is 30.9 Å². The zero-order valence-corrected chi connectivity index (χ0v) is 11.6. The van der Waals surface area contributed by atoms with E-state index in [1.807, 2.05) is 0 Å². The number of likely N-dealkylation sites (tertiary alicyclic amines) is 1. The summed E-state index contributed by atoms with van der Waals surface area (Å²) in [5.41, 5.74) is 0.249. The Balaban J connectivity index is 1.81. The van der Waals surface area contributed by atoms with Gasteiger partial charge in [-0.2, -0.15) is 0 Å². The summed E-state index contributed by atoms with van der Waals surface area (Å²) in [5.74, 6) is -2.31. The standard InChI is InChI=1S/C15H18F2N2O2/c16-13-4-3-11(14(17)8-13)9-18-5-7-19-6-1-2-12(10-19)15(20)21/h3-4,8-9,12H,1-2,5-7,10H2,(H,20,21). The molecule has 0 amide bonds. The molecule has 0 aliphatic carbocycles. The van der Waals surface area contributed by atoms with E-state index in [4.69, 9.17) is 5.11 Å². The van der Waals surface area contributed by atoms with Crippen molar-refractivity contribution < 1.29 is 18.7 Å². The van der Waals surface area contributed by atoms with Gasteiger partial charge in [-0.25, -0.2) is 8.78 Å². The van der Waals surface area contributed by atoms with Crippen molar-refractivity contribution in [3.8, 4) is 0 Å². The number of hydrogen-bond acceptors (Lipinski definition) is 3. The fourth-order valence-corrected chi connectivity index (χ4v) is 2.43. The molecule has 4 nitrogen and oxygen atoms in total. The molecule has 0 spiro atoms. The first kappa shape index (κ1) is 15.6. The molecule has 6 heteroatoms. The summed E-state index contributed by atoms with van der Waals surface area (Å²) < 4.78 is 26.1. The van der Waals surface area contributed by atoms with E-state index in [1.165, 1.54) is 18.3 Å². The maximum atomic E-state index is 13.4. The second-order valence-corrected chi connectivity index (χ2v) is 5.18. The molecule has 0 bridgehead atoms. The average molecular weight is 296 g/mol. The number of carboxylic acid groups (broad SMARTS) is 1. The van der Waals surface area contributed by atoms with Crippen LogP contribution in [0.15, 0.2) is 23.2 Å². The van der Waals surface area contributed by atoms with Crippen LogP contribution in [0.4, 0.5) is 8.78 Å². The van der Waals surface area contributed by atoms with Crippen LogP contribution in [0.5, 0.6) is 0 Å². The lowest BCUT2D eigenvalue weighted by Crippen LogP contribution is -2.39. The van der Waals surface area contributed by atoms with Crippen LogP contribution in [0.2, 0.25) is 0 Å². The first-order valence-corrected chi connectivity index (χ1v) is 6.96. The van der Waals surface area contributed by atoms with Crippen LogP contribution in [0.25, 0.3) is 0 Å². The molecule has 2 rings (SSSR count). The van der Waals surface area contributed by atoms with Crippen molar-refractivity contribution in [1.82, 2.24) is 4.90 Å². The quantitative estimate of drug-likeness (QED) is 0.847. The van der Waals surface area contributed by atoms with E-state index >= 15 is 0 Å². The highest BCUT2D eigenvalue weighted by Crippen LogP contribution is 2.16. The summed E-state index contributed by atoms with van der Waals surface area (Å²) in [5, 5.41) is 9.00. The molecule has 1 atom stereocenters. The Bertz CT molecular complexity index is 534. The van der Waals surface area contributed by atoms with Gasteiger partial charge in [-0.05, 0) is 31.5 Å². The van der Waals surface area contributed by atoms with Crippen molar-refractivity contribution in [3.05, 3.63) is 35.4 Å². The number of halogens is 2. The van der Waals surface area contributed by atoms with Crippen LogP contribution in [-0.4, -0.2) is 48.4 Å². The minimum absolute atomic E-state index is 0.249. The Hall–Kier alpha value is -1.82. The van der Waals surface area contributed by atoms with Crippen LogP contribution in [0.1, 0.15) is 18.4 Å². The van der Waals surface area contributed by atoms with Crippen molar-refractivity contribution in [1.29, 1.82) is 0 Å². The zero-order chi connectivity index (χ0) is 15.2. The van der Waals surface area contributed by atoms with Crippen LogP contribution >= 0.6 is 0 Å². The SMILES string of the molecule is O=C(O)C1CCCN(CCN=Cc2ccc(F)cc2F)C1. The average Bonchev–Trinajstić information content (AvgIpc) is 2.45. The predicted octanol–water partition coefficient (Wildman–Crippen LogP) is 2.18. The minimum atomic E-state index is -0.753. The predicted molar refractivity (Wildman–Crippen MR) is 75.6 cm³/mol. The first-order valence-electron chi connectivity index (χ1n) is 6.96. The molecule has 1 fully saturated rings. The summed E-state index contributed by atoms with van der Waals surface area (Å²) in [7, 11) is 0. The van der Waals surface area contributed by atoms with E-state index in [1.54, 1.807) is 0 Å². The Morgan fingerprint density at radius 1 is 1.48 bits per heavy atom. The van der Waals surface area contributed by atoms with Crippen molar-refractivity contribution in [2.24, 2.45) is 10.9 Å². The highest BCUT2D eigenvalue weighted by Gasteiger charge is 2.24. The van der Waals surface area contributed by atoms with Crippen LogP contribution < -0.4 is 0 Å². The molecule has 114 valence electrons. The smallest absolute Gasteiger partial charge is 0.307 e. The number of piperidine rings is 1. The van der Waals surface area contributed by atoms with Crippen molar-refractivity contribution >= 4 is 12.2 Å². The summed E-state index contributed by atoms with van der Waals surface area (Å²) >= 11 is 0. The number of aliphatic carboxylic acids is 1. The highest BCUT2D eigenvalue weighted by molar-refractivity contribution is 5.79. The molecule has 21 heavy (non-hydrogen) atoms. The first-order chi connectivity index (χ1) is 10.1. The molecule has 1 unspecified atom stereocenters. The number of nitrogens with zero attached hydrogens (tertiary/aromatic N) is 2. The largest absolute Gasteiger partial charge is 0.481 e. The van der Waals surface area contributed by atoms with Crippen LogP contribution in [-0.2, 0) is 4.79 Å². The highest BCUT2D eigenvalue weighted by atomic mass is 19.1. The number of hydrogen-bond donors (Lipinski definition) is 1. The fourth-order valence-electron chi connectivity index (χ4n) is 2.43. The lowest BCUT2D eigenvalue weighted by atomic mass is 9.98. The molecule has 1 aliphatic rings. The second-order valence-electron chi connectivity index (χ2n) is 5.18. The van der Waals surface area contributed by atoms with E-state index < -0.39 is 17.6 Å². The van der Waals surface area contributed by atoms with Gasteiger partial charge in [-0.3, -0.25) is 9.79 Å². The molecule has 0 aromatic heterocycles. The Labute approximate surface area is 122 Å². The zero-order valence-electron chi connectivity index (χ0n) is 11.6. The van der Waals surface area contributed by atoms with Gasteiger partial charge in [0.1, 0.15) is 11.6 Å². The third kappa shape index (κ3) is 4.60. The summed E-state index contributed by atoms with van der Waals surface area (Å²) in [6, 6.07) is 3.35. The number of rotatable bonds is 5. The number of aliphatic imine (C=N–C) groups is 1. The van der Waals surface area contributed by atoms with Crippen molar-refractivity contribution in [2.45, 2.75) is 12.8 Å². The second kappa shape index (κ2) is 7.26. The third-order valence-corrected chi connectivity index (χ3v) is 3.59. The van der Waals surface area contributed by atoms with E-state index in [2.05, 4.69) is 9.89 Å². The summed E-state index contributed by atoms with van der Waals surface area (Å²) in [6.07, 6.45) is 2.97. The Morgan fingerprint density at radius 2 is 2.29 bits per heavy atom. The summed E-state index contributed by atoms with van der Waals surface area (Å²) in [6.45, 7) is 2.51. The summed E-state index contributed by atoms with van der Waals surface area (Å²) in [4.78, 5) is 17.1. The van der Waals surface area contributed by atoms with Gasteiger partial charge in [-0.1, -0.05) is 0 Å². The molecular weight excluding hydrogens is 278 g/mol. The maximum Gasteiger partial charge on any atom is 0.307 e. The molecule has 1 aromatic carbocycles. The molecule has 1 aliphatic heterocycles. The van der Waals surface area contributed by atoms with E-state index in [0.717, 1.165) is 25.5 Å². The molecule has 0 radical (unpaired) electrons. The van der Waals surface area contributed by atoms with Crippen LogP contribution in [0, 0.1) is 17.6 Å². The molecule has 1 aromatic rings. The monoisotopic (exact) mass is 296 g/mol. The van der Waals surface area contributed by atoms with Gasteiger partial charge < -0.3 is 10.0 Å². The molecule has 1 heterocycles. The van der Waals surface area contributed by atoms with Gasteiger partial charge in [-0.15, -0.1) is 0 Å². The fraction of sp³-hybridized carbons (Fsp3) is 0.467. The van der Waals surface area contributed by atoms with Gasteiger partial charge in [0.25, 0.3) is 0 Å². The third-order valence-electron chi connectivity index (χ3n) is 3.59.